The van der Waals surface area contributed by atoms with E-state index in [9.17, 15) is 9.59 Å². The van der Waals surface area contributed by atoms with Crippen LogP contribution in [0.3, 0.4) is 0 Å². The molecule has 1 fully saturated rings. The molecule has 0 saturated carbocycles. The lowest BCUT2D eigenvalue weighted by Crippen LogP contribution is -2.51. The lowest BCUT2D eigenvalue weighted by Gasteiger charge is -2.34. The highest BCUT2D eigenvalue weighted by atomic mass is 16.2. The van der Waals surface area contributed by atoms with Gasteiger partial charge in [0, 0.05) is 44.7 Å². The Kier molecular flexibility index (Phi) is 5.22. The lowest BCUT2D eigenvalue weighted by atomic mass is 10.1. The van der Waals surface area contributed by atoms with E-state index in [-0.39, 0.29) is 17.9 Å². The standard InChI is InChI=1S/C18H26N6O2/c1-12(2)24-17-14(10-20-24)9-15(13(3)21-17)18(26)23-7-5-22(6-8-23)11-16(25)19-4/h9-10,12H,5-8,11H2,1-4H3,(H,19,25). The van der Waals surface area contributed by atoms with E-state index in [1.165, 1.54) is 0 Å². The third-order valence-electron chi connectivity index (χ3n) is 4.78. The molecule has 1 saturated heterocycles. The Morgan fingerprint density at radius 1 is 1.23 bits per heavy atom. The second-order valence-electron chi connectivity index (χ2n) is 6.96. The van der Waals surface area contributed by atoms with Crippen LogP contribution in [0.15, 0.2) is 12.3 Å². The minimum absolute atomic E-state index is 0.00237. The predicted molar refractivity (Wildman–Crippen MR) is 99.1 cm³/mol. The Bertz CT molecular complexity index is 820. The van der Waals surface area contributed by atoms with E-state index < -0.39 is 0 Å². The van der Waals surface area contributed by atoms with Gasteiger partial charge >= 0.3 is 0 Å². The Labute approximate surface area is 153 Å². The molecule has 0 aromatic carbocycles. The number of hydrogen-bond acceptors (Lipinski definition) is 5. The fourth-order valence-electron chi connectivity index (χ4n) is 3.22. The molecule has 0 spiro atoms. The van der Waals surface area contributed by atoms with Crippen molar-refractivity contribution in [2.75, 3.05) is 39.8 Å². The number of aryl methyl sites for hydroxylation is 1. The average Bonchev–Trinajstić information content (AvgIpc) is 3.03. The first kappa shape index (κ1) is 18.3. The number of rotatable bonds is 4. The summed E-state index contributed by atoms with van der Waals surface area (Å²) in [7, 11) is 1.63. The maximum Gasteiger partial charge on any atom is 0.255 e. The van der Waals surface area contributed by atoms with E-state index in [4.69, 9.17) is 0 Å². The second-order valence-corrected chi connectivity index (χ2v) is 6.96. The fourth-order valence-corrected chi connectivity index (χ4v) is 3.22. The Balaban J connectivity index is 1.74. The topological polar surface area (TPSA) is 83.4 Å². The molecule has 2 aromatic rings. The van der Waals surface area contributed by atoms with Gasteiger partial charge in [0.2, 0.25) is 5.91 Å². The molecule has 0 bridgehead atoms. The summed E-state index contributed by atoms with van der Waals surface area (Å²) in [6.45, 7) is 8.96. The van der Waals surface area contributed by atoms with Crippen LogP contribution in [0.5, 0.6) is 0 Å². The zero-order valence-corrected chi connectivity index (χ0v) is 15.8. The molecular weight excluding hydrogens is 332 g/mol. The molecule has 0 aliphatic carbocycles. The normalized spacial score (nSPS) is 15.7. The molecule has 26 heavy (non-hydrogen) atoms. The number of nitrogens with zero attached hydrogens (tertiary/aromatic N) is 5. The maximum absolute atomic E-state index is 13.0. The van der Waals surface area contributed by atoms with Crippen LogP contribution in [-0.4, -0.2) is 76.2 Å². The zero-order chi connectivity index (χ0) is 18.8. The van der Waals surface area contributed by atoms with Gasteiger partial charge in [0.25, 0.3) is 5.91 Å². The van der Waals surface area contributed by atoms with Crippen molar-refractivity contribution in [2.45, 2.75) is 26.8 Å². The number of likely N-dealkylation sites (N-methyl/N-ethyl adjacent to an activating group) is 1. The van der Waals surface area contributed by atoms with E-state index in [2.05, 4.69) is 34.1 Å². The third kappa shape index (κ3) is 3.55. The summed E-state index contributed by atoms with van der Waals surface area (Å²) in [5, 5.41) is 7.89. The predicted octanol–water partition coefficient (Wildman–Crippen LogP) is 0.824. The minimum atomic E-state index is -0.00575. The van der Waals surface area contributed by atoms with Crippen molar-refractivity contribution < 1.29 is 9.59 Å². The van der Waals surface area contributed by atoms with Gasteiger partial charge in [0.05, 0.1) is 24.0 Å². The van der Waals surface area contributed by atoms with Gasteiger partial charge in [0.15, 0.2) is 5.65 Å². The van der Waals surface area contributed by atoms with Crippen LogP contribution in [0, 0.1) is 6.92 Å². The molecule has 140 valence electrons. The van der Waals surface area contributed by atoms with Gasteiger partial charge in [-0.2, -0.15) is 5.10 Å². The van der Waals surface area contributed by atoms with Crippen molar-refractivity contribution in [2.24, 2.45) is 0 Å². The van der Waals surface area contributed by atoms with E-state index in [0.29, 0.717) is 38.3 Å². The smallest absolute Gasteiger partial charge is 0.255 e. The highest BCUT2D eigenvalue weighted by Crippen LogP contribution is 2.20. The fraction of sp³-hybridized carbons (Fsp3) is 0.556. The number of amides is 2. The summed E-state index contributed by atoms with van der Waals surface area (Å²) in [6.07, 6.45) is 1.76. The molecule has 8 nitrogen and oxygen atoms in total. The lowest BCUT2D eigenvalue weighted by molar-refractivity contribution is -0.122. The van der Waals surface area contributed by atoms with Crippen LogP contribution in [0.4, 0.5) is 0 Å². The monoisotopic (exact) mass is 358 g/mol. The highest BCUT2D eigenvalue weighted by Gasteiger charge is 2.25. The molecule has 0 radical (unpaired) electrons. The first-order valence-electron chi connectivity index (χ1n) is 8.97. The van der Waals surface area contributed by atoms with Gasteiger partial charge in [-0.3, -0.25) is 14.5 Å². The van der Waals surface area contributed by atoms with Crippen molar-refractivity contribution in [1.29, 1.82) is 0 Å². The van der Waals surface area contributed by atoms with Gasteiger partial charge in [-0.1, -0.05) is 0 Å². The largest absolute Gasteiger partial charge is 0.358 e. The molecule has 1 aliphatic heterocycles. The van der Waals surface area contributed by atoms with Gasteiger partial charge in [-0.25, -0.2) is 9.67 Å². The third-order valence-corrected chi connectivity index (χ3v) is 4.78. The summed E-state index contributed by atoms with van der Waals surface area (Å²) in [6, 6.07) is 2.11. The highest BCUT2D eigenvalue weighted by molar-refractivity contribution is 5.98. The molecule has 1 N–H and O–H groups in total. The Hall–Kier alpha value is -2.48. The minimum Gasteiger partial charge on any atom is -0.358 e. The summed E-state index contributed by atoms with van der Waals surface area (Å²) < 4.78 is 1.87. The van der Waals surface area contributed by atoms with E-state index in [1.807, 2.05) is 22.6 Å². The quantitative estimate of drug-likeness (QED) is 0.875. The Morgan fingerprint density at radius 3 is 2.54 bits per heavy atom. The van der Waals surface area contributed by atoms with Crippen LogP contribution in [0.25, 0.3) is 11.0 Å². The first-order chi connectivity index (χ1) is 12.4. The molecule has 3 heterocycles. The summed E-state index contributed by atoms with van der Waals surface area (Å²) in [4.78, 5) is 33.0. The molecule has 0 atom stereocenters. The molecule has 8 heteroatoms. The van der Waals surface area contributed by atoms with Crippen molar-refractivity contribution in [3.63, 3.8) is 0 Å². The number of hydrogen-bond donors (Lipinski definition) is 1. The van der Waals surface area contributed by atoms with Gasteiger partial charge < -0.3 is 10.2 Å². The number of carbonyl (C=O) groups is 2. The van der Waals surface area contributed by atoms with Crippen LogP contribution < -0.4 is 5.32 Å². The summed E-state index contributed by atoms with van der Waals surface area (Å²) >= 11 is 0. The number of fused-ring (bicyclic) bond motifs is 1. The van der Waals surface area contributed by atoms with Crippen molar-refractivity contribution >= 4 is 22.8 Å². The van der Waals surface area contributed by atoms with E-state index >= 15 is 0 Å². The van der Waals surface area contributed by atoms with E-state index in [1.54, 1.807) is 13.2 Å². The van der Waals surface area contributed by atoms with Gasteiger partial charge in [-0.05, 0) is 26.8 Å². The number of aromatic nitrogens is 3. The van der Waals surface area contributed by atoms with E-state index in [0.717, 1.165) is 16.7 Å². The molecule has 0 unspecified atom stereocenters. The van der Waals surface area contributed by atoms with Crippen molar-refractivity contribution in [3.8, 4) is 0 Å². The van der Waals surface area contributed by atoms with Crippen LogP contribution >= 0.6 is 0 Å². The Morgan fingerprint density at radius 2 is 1.92 bits per heavy atom. The molecule has 2 aromatic heterocycles. The summed E-state index contributed by atoms with van der Waals surface area (Å²) in [5.74, 6) is -0.00812. The molecule has 1 aliphatic rings. The van der Waals surface area contributed by atoms with Crippen LogP contribution in [0.1, 0.15) is 35.9 Å². The number of pyridine rings is 1. The van der Waals surface area contributed by atoms with Gasteiger partial charge in [0.1, 0.15) is 0 Å². The molecule has 3 rings (SSSR count). The summed E-state index contributed by atoms with van der Waals surface area (Å²) in [5.41, 5.74) is 2.16. The zero-order valence-electron chi connectivity index (χ0n) is 15.8. The molecular formula is C18H26N6O2. The average molecular weight is 358 g/mol. The van der Waals surface area contributed by atoms with Gasteiger partial charge in [-0.15, -0.1) is 0 Å². The maximum atomic E-state index is 13.0. The number of nitrogens with one attached hydrogen (secondary N) is 1. The van der Waals surface area contributed by atoms with Crippen LogP contribution in [0.2, 0.25) is 0 Å². The van der Waals surface area contributed by atoms with Crippen LogP contribution in [-0.2, 0) is 4.79 Å². The molecule has 2 amide bonds. The second kappa shape index (κ2) is 7.41. The number of piperazine rings is 1. The SMILES string of the molecule is CNC(=O)CN1CCN(C(=O)c2cc3cnn(C(C)C)c3nc2C)CC1. The first-order valence-corrected chi connectivity index (χ1v) is 8.97. The van der Waals surface area contributed by atoms with Crippen molar-refractivity contribution in [1.82, 2.24) is 29.9 Å². The van der Waals surface area contributed by atoms with Crippen molar-refractivity contribution in [3.05, 3.63) is 23.5 Å². The number of carbonyl (C=O) groups excluding carboxylic acids is 2.